The number of hydrogen-bond acceptors (Lipinski definition) is 6. The smallest absolute Gasteiger partial charge is 0.243 e. The van der Waals surface area contributed by atoms with Crippen molar-refractivity contribution in [1.29, 1.82) is 5.26 Å². The molecule has 0 amide bonds. The molecule has 5 rings (SSSR count). The molecule has 2 aliphatic rings. The number of fused-ring (bicyclic) bond motifs is 1. The van der Waals surface area contributed by atoms with Gasteiger partial charge in [0, 0.05) is 31.7 Å². The molecule has 0 bridgehead atoms. The minimum absolute atomic E-state index is 0.238. The summed E-state index contributed by atoms with van der Waals surface area (Å²) in [5, 5.41) is 9.62. The lowest BCUT2D eigenvalue weighted by Crippen LogP contribution is -2.38. The number of sulfonamides is 1. The fraction of sp³-hybridized carbons (Fsp3) is 0.385. The van der Waals surface area contributed by atoms with Crippen molar-refractivity contribution < 1.29 is 12.8 Å². The average Bonchev–Trinajstić information content (AvgIpc) is 3.28. The molecular formula is C26H28N4O3S. The van der Waals surface area contributed by atoms with Crippen LogP contribution in [0.25, 0.3) is 11.5 Å². The largest absolute Gasteiger partial charge is 0.419 e. The number of rotatable bonds is 4. The molecule has 0 spiro atoms. The highest BCUT2D eigenvalue weighted by atomic mass is 32.2. The molecule has 0 radical (unpaired) electrons. The van der Waals surface area contributed by atoms with Crippen LogP contribution in [0.5, 0.6) is 0 Å². The maximum absolute atomic E-state index is 13.3. The van der Waals surface area contributed by atoms with Crippen LogP contribution in [0.4, 0.5) is 5.88 Å². The van der Waals surface area contributed by atoms with Crippen LogP contribution in [-0.4, -0.2) is 37.3 Å². The molecule has 0 unspecified atom stereocenters. The van der Waals surface area contributed by atoms with E-state index >= 15 is 0 Å². The van der Waals surface area contributed by atoms with E-state index in [4.69, 9.17) is 4.42 Å². The molecular weight excluding hydrogens is 448 g/mol. The summed E-state index contributed by atoms with van der Waals surface area (Å²) in [5.41, 5.74) is 3.16. The normalized spacial score (nSPS) is 21.1. The van der Waals surface area contributed by atoms with Crippen molar-refractivity contribution in [3.63, 3.8) is 0 Å². The summed E-state index contributed by atoms with van der Waals surface area (Å²) in [6, 6.07) is 16.7. The van der Waals surface area contributed by atoms with Gasteiger partial charge < -0.3 is 9.32 Å². The summed E-state index contributed by atoms with van der Waals surface area (Å²) in [6.07, 6.45) is 1.86. The first-order chi connectivity index (χ1) is 16.3. The van der Waals surface area contributed by atoms with Crippen molar-refractivity contribution in [2.75, 3.05) is 24.5 Å². The lowest BCUT2D eigenvalue weighted by molar-refractivity contribution is 0.344. The Kier molecular flexibility index (Phi) is 5.92. The highest BCUT2D eigenvalue weighted by molar-refractivity contribution is 7.89. The Hall–Kier alpha value is -3.15. The number of piperidine rings is 1. The van der Waals surface area contributed by atoms with Gasteiger partial charge >= 0.3 is 0 Å². The van der Waals surface area contributed by atoms with Crippen LogP contribution < -0.4 is 4.90 Å². The average molecular weight is 477 g/mol. The minimum Gasteiger partial charge on any atom is -0.419 e. The van der Waals surface area contributed by atoms with Crippen LogP contribution >= 0.6 is 0 Å². The molecule has 2 atom stereocenters. The summed E-state index contributed by atoms with van der Waals surface area (Å²) >= 11 is 0. The van der Waals surface area contributed by atoms with Gasteiger partial charge in [-0.15, -0.1) is 0 Å². The van der Waals surface area contributed by atoms with Crippen LogP contribution in [0.2, 0.25) is 0 Å². The second-order valence-corrected chi connectivity index (χ2v) is 11.5. The Morgan fingerprint density at radius 3 is 2.38 bits per heavy atom. The van der Waals surface area contributed by atoms with E-state index in [0.717, 1.165) is 25.1 Å². The van der Waals surface area contributed by atoms with E-state index in [0.29, 0.717) is 48.7 Å². The molecule has 0 N–H and O–H groups in total. The van der Waals surface area contributed by atoms with E-state index in [-0.39, 0.29) is 10.6 Å². The summed E-state index contributed by atoms with van der Waals surface area (Å²) < 4.78 is 34.1. The van der Waals surface area contributed by atoms with Gasteiger partial charge in [0.1, 0.15) is 6.07 Å². The van der Waals surface area contributed by atoms with E-state index < -0.39 is 10.0 Å². The highest BCUT2D eigenvalue weighted by Crippen LogP contribution is 2.33. The van der Waals surface area contributed by atoms with Gasteiger partial charge in [0.25, 0.3) is 0 Å². The van der Waals surface area contributed by atoms with Crippen molar-refractivity contribution in [3.8, 4) is 17.5 Å². The molecule has 1 aromatic heterocycles. The van der Waals surface area contributed by atoms with E-state index in [9.17, 15) is 13.7 Å². The molecule has 0 saturated carbocycles. The highest BCUT2D eigenvalue weighted by Gasteiger charge is 2.30. The summed E-state index contributed by atoms with van der Waals surface area (Å²) in [6.45, 7) is 6.88. The number of oxazole rings is 1. The SMILES string of the molecule is C[C@H]1C[C@H](C)CN(c2oc(-c3ccc(S(=O)(=O)N4CCc5ccccc5C4)cc3)nc2C#N)C1. The first kappa shape index (κ1) is 22.6. The van der Waals surface area contributed by atoms with Crippen molar-refractivity contribution >= 4 is 15.9 Å². The summed E-state index contributed by atoms with van der Waals surface area (Å²) in [7, 11) is -3.62. The number of nitrogens with zero attached hydrogens (tertiary/aromatic N) is 4. The second kappa shape index (κ2) is 8.90. The number of aromatic nitrogens is 1. The molecule has 2 aromatic carbocycles. The van der Waals surface area contributed by atoms with Crippen LogP contribution in [0.15, 0.2) is 57.8 Å². The number of hydrogen-bond donors (Lipinski definition) is 0. The topological polar surface area (TPSA) is 90.4 Å². The van der Waals surface area contributed by atoms with E-state index in [1.807, 2.05) is 18.2 Å². The fourth-order valence-corrected chi connectivity index (χ4v) is 6.56. The molecule has 1 saturated heterocycles. The fourth-order valence-electron chi connectivity index (χ4n) is 5.15. The number of anilines is 1. The number of nitriles is 1. The predicted octanol–water partition coefficient (Wildman–Crippen LogP) is 4.44. The summed E-state index contributed by atoms with van der Waals surface area (Å²) in [4.78, 5) is 6.74. The number of benzene rings is 2. The Morgan fingerprint density at radius 2 is 1.71 bits per heavy atom. The van der Waals surface area contributed by atoms with Crippen molar-refractivity contribution in [1.82, 2.24) is 9.29 Å². The standard InChI is InChI=1S/C26H28N4O3S/c1-18-13-19(2)16-29(15-18)26-24(14-27)28-25(33-26)21-7-9-23(10-8-21)34(31,32)30-12-11-20-5-3-4-6-22(20)17-30/h3-10,18-19H,11-13,15-17H2,1-2H3/t18-,19-/m0/s1. The first-order valence-electron chi connectivity index (χ1n) is 11.7. The molecule has 176 valence electrons. The monoisotopic (exact) mass is 476 g/mol. The predicted molar refractivity (Wildman–Crippen MR) is 130 cm³/mol. The van der Waals surface area contributed by atoms with E-state index in [2.05, 4.69) is 35.9 Å². The first-order valence-corrected chi connectivity index (χ1v) is 13.1. The lowest BCUT2D eigenvalue weighted by atomic mass is 9.92. The second-order valence-electron chi connectivity index (χ2n) is 9.52. The van der Waals surface area contributed by atoms with Gasteiger partial charge in [-0.1, -0.05) is 38.1 Å². The van der Waals surface area contributed by atoms with Gasteiger partial charge in [-0.05, 0) is 60.1 Å². The zero-order valence-electron chi connectivity index (χ0n) is 19.4. The molecule has 3 heterocycles. The Bertz CT molecular complexity index is 1330. The van der Waals surface area contributed by atoms with Crippen LogP contribution in [0.1, 0.15) is 37.1 Å². The quantitative estimate of drug-likeness (QED) is 0.553. The Labute approximate surface area is 200 Å². The van der Waals surface area contributed by atoms with E-state index in [1.165, 1.54) is 9.87 Å². The zero-order valence-corrected chi connectivity index (χ0v) is 20.3. The third-order valence-corrected chi connectivity index (χ3v) is 8.57. The third kappa shape index (κ3) is 4.22. The van der Waals surface area contributed by atoms with Gasteiger partial charge in [-0.25, -0.2) is 8.42 Å². The third-order valence-electron chi connectivity index (χ3n) is 6.71. The van der Waals surface area contributed by atoms with Crippen LogP contribution in [-0.2, 0) is 23.0 Å². The van der Waals surface area contributed by atoms with E-state index in [1.54, 1.807) is 24.3 Å². The molecule has 2 aliphatic heterocycles. The molecule has 1 fully saturated rings. The Morgan fingerprint density at radius 1 is 1.03 bits per heavy atom. The van der Waals surface area contributed by atoms with Gasteiger partial charge in [0.15, 0.2) is 0 Å². The maximum atomic E-state index is 13.3. The minimum atomic E-state index is -3.62. The summed E-state index contributed by atoms with van der Waals surface area (Å²) in [5.74, 6) is 1.85. The molecule has 0 aliphatic carbocycles. The zero-order chi connectivity index (χ0) is 23.9. The molecule has 7 nitrogen and oxygen atoms in total. The lowest BCUT2D eigenvalue weighted by Gasteiger charge is -2.34. The van der Waals surface area contributed by atoms with Crippen molar-refractivity contribution in [2.24, 2.45) is 11.8 Å². The molecule has 34 heavy (non-hydrogen) atoms. The van der Waals surface area contributed by atoms with Crippen molar-refractivity contribution in [2.45, 2.75) is 38.1 Å². The Balaban J connectivity index is 1.38. The molecule has 8 heteroatoms. The van der Waals surface area contributed by atoms with Gasteiger partial charge in [-0.2, -0.15) is 14.6 Å². The van der Waals surface area contributed by atoms with Gasteiger partial charge in [0.05, 0.1) is 4.90 Å². The van der Waals surface area contributed by atoms with Crippen LogP contribution in [0.3, 0.4) is 0 Å². The van der Waals surface area contributed by atoms with Gasteiger partial charge in [-0.3, -0.25) is 0 Å². The maximum Gasteiger partial charge on any atom is 0.243 e. The van der Waals surface area contributed by atoms with Gasteiger partial charge in [0.2, 0.25) is 27.5 Å². The molecule has 3 aromatic rings. The van der Waals surface area contributed by atoms with Crippen molar-refractivity contribution in [3.05, 3.63) is 65.4 Å². The van der Waals surface area contributed by atoms with Crippen LogP contribution in [0, 0.1) is 23.2 Å².